The zero-order valence-corrected chi connectivity index (χ0v) is 18.5. The quantitative estimate of drug-likeness (QED) is 0.504. The Morgan fingerprint density at radius 2 is 1.66 bits per heavy atom. The fourth-order valence-electron chi connectivity index (χ4n) is 3.10. The maximum atomic E-state index is 13.2. The number of benzene rings is 2. The smallest absolute Gasteiger partial charge is 0.309 e. The molecule has 0 saturated carbocycles. The van der Waals surface area contributed by atoms with Crippen LogP contribution in [0.3, 0.4) is 0 Å². The molecule has 3 rings (SSSR count). The second-order valence-electron chi connectivity index (χ2n) is 7.07. The highest BCUT2D eigenvalue weighted by molar-refractivity contribution is 7.91. The van der Waals surface area contributed by atoms with Crippen LogP contribution in [0, 0.1) is 6.92 Å². The molecule has 2 N–H and O–H groups in total. The van der Waals surface area contributed by atoms with E-state index in [-0.39, 0.29) is 23.7 Å². The van der Waals surface area contributed by atoms with Gasteiger partial charge in [0.05, 0.1) is 18.3 Å². The fraction of sp³-hybridized carbons (Fsp3) is 0.217. The lowest BCUT2D eigenvalue weighted by atomic mass is 10.2. The summed E-state index contributed by atoms with van der Waals surface area (Å²) >= 11 is 0. The maximum absolute atomic E-state index is 13.2. The second kappa shape index (κ2) is 10.1. The number of amides is 2. The van der Waals surface area contributed by atoms with E-state index in [1.807, 2.05) is 6.92 Å². The number of furan rings is 1. The molecule has 32 heavy (non-hydrogen) atoms. The maximum Gasteiger partial charge on any atom is 0.309 e. The predicted molar refractivity (Wildman–Crippen MR) is 118 cm³/mol. The minimum absolute atomic E-state index is 0.0829. The van der Waals surface area contributed by atoms with Gasteiger partial charge in [0.1, 0.15) is 16.8 Å². The van der Waals surface area contributed by atoms with E-state index in [0.717, 1.165) is 5.56 Å². The second-order valence-corrected chi connectivity index (χ2v) is 9.20. The number of aryl methyl sites for hydroxylation is 1. The first kappa shape index (κ1) is 23.1. The van der Waals surface area contributed by atoms with Crippen LogP contribution in [0.2, 0.25) is 0 Å². The van der Waals surface area contributed by atoms with Gasteiger partial charge in [-0.3, -0.25) is 9.59 Å². The lowest BCUT2D eigenvalue weighted by molar-refractivity contribution is -0.139. The Morgan fingerprint density at radius 3 is 2.31 bits per heavy atom. The first-order chi connectivity index (χ1) is 15.3. The number of sulfone groups is 1. The van der Waals surface area contributed by atoms with Gasteiger partial charge < -0.3 is 19.8 Å². The van der Waals surface area contributed by atoms with Crippen molar-refractivity contribution in [3.05, 3.63) is 83.8 Å². The lowest BCUT2D eigenvalue weighted by Gasteiger charge is -2.17. The Morgan fingerprint density at radius 1 is 0.969 bits per heavy atom. The van der Waals surface area contributed by atoms with Gasteiger partial charge in [-0.05, 0) is 37.3 Å². The van der Waals surface area contributed by atoms with Crippen LogP contribution in [-0.4, -0.2) is 33.9 Å². The summed E-state index contributed by atoms with van der Waals surface area (Å²) in [5.41, 5.74) is 1.62. The lowest BCUT2D eigenvalue weighted by Crippen LogP contribution is -2.42. The molecule has 0 fully saturated rings. The Hall–Kier alpha value is -3.59. The number of carbonyl (C=O) groups excluding carboxylic acids is 2. The van der Waals surface area contributed by atoms with Crippen LogP contribution in [0.5, 0.6) is 5.75 Å². The molecule has 8 nitrogen and oxygen atoms in total. The van der Waals surface area contributed by atoms with Crippen molar-refractivity contribution < 1.29 is 27.2 Å². The first-order valence-electron chi connectivity index (χ1n) is 9.85. The zero-order chi connectivity index (χ0) is 23.1. The van der Waals surface area contributed by atoms with Gasteiger partial charge in [0, 0.05) is 18.7 Å². The molecule has 3 aromatic rings. The van der Waals surface area contributed by atoms with Crippen molar-refractivity contribution in [1.29, 1.82) is 0 Å². The van der Waals surface area contributed by atoms with Crippen molar-refractivity contribution in [2.24, 2.45) is 0 Å². The van der Waals surface area contributed by atoms with E-state index in [4.69, 9.17) is 9.15 Å². The molecule has 0 aliphatic rings. The molecule has 1 heterocycles. The molecule has 0 aliphatic heterocycles. The third-order valence-corrected chi connectivity index (χ3v) is 6.95. The predicted octanol–water partition coefficient (Wildman–Crippen LogP) is 2.54. The fourth-order valence-corrected chi connectivity index (χ4v) is 4.69. The summed E-state index contributed by atoms with van der Waals surface area (Å²) in [5.74, 6) is -1.09. The molecule has 1 aromatic heterocycles. The number of ether oxygens (including phenoxy) is 1. The van der Waals surface area contributed by atoms with E-state index in [2.05, 4.69) is 10.6 Å². The van der Waals surface area contributed by atoms with Crippen LogP contribution in [0.4, 0.5) is 0 Å². The third-order valence-electron chi connectivity index (χ3n) is 4.87. The number of para-hydroxylation sites is 1. The van der Waals surface area contributed by atoms with Gasteiger partial charge >= 0.3 is 11.8 Å². The Kier molecular flexibility index (Phi) is 7.32. The highest BCUT2D eigenvalue weighted by atomic mass is 32.2. The molecule has 9 heteroatoms. The minimum Gasteiger partial charge on any atom is -0.496 e. The van der Waals surface area contributed by atoms with Crippen molar-refractivity contribution in [2.75, 3.05) is 13.7 Å². The van der Waals surface area contributed by atoms with E-state index < -0.39 is 26.9 Å². The van der Waals surface area contributed by atoms with Crippen LogP contribution in [0.1, 0.15) is 22.1 Å². The van der Waals surface area contributed by atoms with Gasteiger partial charge in [-0.2, -0.15) is 0 Å². The van der Waals surface area contributed by atoms with Crippen molar-refractivity contribution in [1.82, 2.24) is 10.6 Å². The molecule has 2 amide bonds. The molecule has 2 aromatic carbocycles. The average Bonchev–Trinajstić information content (AvgIpc) is 3.32. The molecule has 1 atom stereocenters. The molecule has 0 unspecified atom stereocenters. The summed E-state index contributed by atoms with van der Waals surface area (Å²) in [6.07, 6.45) is 1.36. The van der Waals surface area contributed by atoms with Crippen molar-refractivity contribution in [3.8, 4) is 5.75 Å². The molecule has 168 valence electrons. The minimum atomic E-state index is -3.88. The van der Waals surface area contributed by atoms with E-state index in [9.17, 15) is 18.0 Å². The number of rotatable bonds is 8. The Bertz CT molecular complexity index is 1170. The van der Waals surface area contributed by atoms with Crippen LogP contribution < -0.4 is 15.4 Å². The van der Waals surface area contributed by atoms with E-state index in [0.29, 0.717) is 11.3 Å². The van der Waals surface area contributed by atoms with Crippen LogP contribution in [0.15, 0.2) is 76.2 Å². The van der Waals surface area contributed by atoms with Gasteiger partial charge in [0.2, 0.25) is 0 Å². The van der Waals surface area contributed by atoms with Crippen LogP contribution in [0.25, 0.3) is 0 Å². The molecular weight excluding hydrogens is 432 g/mol. The van der Waals surface area contributed by atoms with E-state index in [1.54, 1.807) is 42.5 Å². The number of nitrogens with one attached hydrogen (secondary N) is 2. The summed E-state index contributed by atoms with van der Waals surface area (Å²) < 4.78 is 36.9. The van der Waals surface area contributed by atoms with E-state index >= 15 is 0 Å². The van der Waals surface area contributed by atoms with Crippen molar-refractivity contribution in [3.63, 3.8) is 0 Å². The van der Waals surface area contributed by atoms with Crippen molar-refractivity contribution in [2.45, 2.75) is 23.6 Å². The molecule has 0 aliphatic carbocycles. The number of carbonyl (C=O) groups is 2. The van der Waals surface area contributed by atoms with E-state index in [1.165, 1.54) is 31.6 Å². The number of methoxy groups -OCH3 is 1. The summed E-state index contributed by atoms with van der Waals surface area (Å²) in [7, 11) is -2.37. The standard InChI is InChI=1S/C23H24N2O6S/c1-16-9-11-18(12-10-16)32(28,29)21(20-8-5-13-31-20)15-25-23(27)22(26)24-14-17-6-3-4-7-19(17)30-2/h3-13,21H,14-15H2,1-2H3,(H,24,26)(H,25,27)/t21-/m0/s1. The topological polar surface area (TPSA) is 115 Å². The number of hydrogen-bond acceptors (Lipinski definition) is 6. The normalized spacial score (nSPS) is 12.1. The number of hydrogen-bond donors (Lipinski definition) is 2. The largest absolute Gasteiger partial charge is 0.496 e. The molecule has 0 bridgehead atoms. The van der Waals surface area contributed by atoms with Gasteiger partial charge in [-0.15, -0.1) is 0 Å². The summed E-state index contributed by atoms with van der Waals surface area (Å²) in [5, 5.41) is 3.72. The summed E-state index contributed by atoms with van der Waals surface area (Å²) in [4.78, 5) is 24.7. The summed E-state index contributed by atoms with van der Waals surface area (Å²) in [6.45, 7) is 1.61. The zero-order valence-electron chi connectivity index (χ0n) is 17.7. The Labute approximate surface area is 186 Å². The van der Waals surface area contributed by atoms with Gasteiger partial charge in [-0.1, -0.05) is 35.9 Å². The highest BCUT2D eigenvalue weighted by Crippen LogP contribution is 2.29. The third kappa shape index (κ3) is 5.36. The average molecular weight is 457 g/mol. The van der Waals surface area contributed by atoms with Gasteiger partial charge in [0.25, 0.3) is 0 Å². The first-order valence-corrected chi connectivity index (χ1v) is 11.4. The van der Waals surface area contributed by atoms with Crippen LogP contribution in [-0.2, 0) is 26.0 Å². The van der Waals surface area contributed by atoms with Gasteiger partial charge in [-0.25, -0.2) is 8.42 Å². The Balaban J connectivity index is 1.69. The molecule has 0 spiro atoms. The SMILES string of the molecule is COc1ccccc1CNC(=O)C(=O)NC[C@@H](c1ccco1)S(=O)(=O)c1ccc(C)cc1. The molecule has 0 saturated heterocycles. The highest BCUT2D eigenvalue weighted by Gasteiger charge is 2.32. The monoisotopic (exact) mass is 456 g/mol. The summed E-state index contributed by atoms with van der Waals surface area (Å²) in [6, 6.07) is 16.5. The van der Waals surface area contributed by atoms with Crippen molar-refractivity contribution >= 4 is 21.7 Å². The van der Waals surface area contributed by atoms with Crippen LogP contribution >= 0.6 is 0 Å². The molecule has 0 radical (unpaired) electrons. The van der Waals surface area contributed by atoms with Gasteiger partial charge in [0.15, 0.2) is 9.84 Å². The molecular formula is C23H24N2O6S.